The lowest BCUT2D eigenvalue weighted by Gasteiger charge is -2.17. The average molecular weight is 396 g/mol. The lowest BCUT2D eigenvalue weighted by atomic mass is 10.0. The summed E-state index contributed by atoms with van der Waals surface area (Å²) < 4.78 is 28.8. The van der Waals surface area contributed by atoms with Gasteiger partial charge in [0.15, 0.2) is 11.6 Å². The van der Waals surface area contributed by atoms with Gasteiger partial charge in [0.1, 0.15) is 11.4 Å². The first-order valence-electron chi connectivity index (χ1n) is 9.16. The fourth-order valence-corrected chi connectivity index (χ4v) is 3.36. The number of aromatic hydroxyl groups is 1. The summed E-state index contributed by atoms with van der Waals surface area (Å²) in [6.07, 6.45) is 3.40. The zero-order chi connectivity index (χ0) is 20.7. The molecular formula is C22H18F2N2O3. The van der Waals surface area contributed by atoms with Crippen molar-refractivity contribution in [1.29, 1.82) is 0 Å². The molecule has 1 heterocycles. The number of phenolic OH excluding ortho intramolecular Hbond substituents is 1. The molecule has 0 saturated heterocycles. The molecule has 0 bridgehead atoms. The SMILES string of the molecule is Cc1c(-c2ccc(F)cc2)c(=O)c(C(=O)Nc2ccc(O)c(F)c2)cn1C1CC1. The normalized spacial score (nSPS) is 13.3. The highest BCUT2D eigenvalue weighted by atomic mass is 19.1. The number of hydrogen-bond acceptors (Lipinski definition) is 3. The topological polar surface area (TPSA) is 71.3 Å². The fourth-order valence-electron chi connectivity index (χ4n) is 3.36. The number of aromatic nitrogens is 1. The largest absolute Gasteiger partial charge is 0.505 e. The quantitative estimate of drug-likeness (QED) is 0.643. The number of carbonyl (C=O) groups excluding carboxylic acids is 1. The molecule has 0 aliphatic heterocycles. The van der Waals surface area contributed by atoms with Gasteiger partial charge in [-0.05, 0) is 49.6 Å². The van der Waals surface area contributed by atoms with Crippen LogP contribution in [-0.4, -0.2) is 15.6 Å². The Balaban J connectivity index is 1.80. The molecule has 0 radical (unpaired) electrons. The number of carbonyl (C=O) groups is 1. The van der Waals surface area contributed by atoms with Gasteiger partial charge in [0.2, 0.25) is 5.43 Å². The van der Waals surface area contributed by atoms with Crippen LogP contribution < -0.4 is 10.7 Å². The Kier molecular flexibility index (Phi) is 4.66. The van der Waals surface area contributed by atoms with E-state index in [2.05, 4.69) is 5.32 Å². The summed E-state index contributed by atoms with van der Waals surface area (Å²) in [7, 11) is 0. The maximum absolute atomic E-state index is 13.6. The van der Waals surface area contributed by atoms with Crippen molar-refractivity contribution in [2.24, 2.45) is 0 Å². The minimum atomic E-state index is -0.880. The molecule has 4 rings (SSSR count). The molecule has 2 aromatic carbocycles. The van der Waals surface area contributed by atoms with Gasteiger partial charge in [0.25, 0.3) is 5.91 Å². The molecule has 2 N–H and O–H groups in total. The van der Waals surface area contributed by atoms with Gasteiger partial charge in [-0.3, -0.25) is 9.59 Å². The molecule has 1 aromatic heterocycles. The van der Waals surface area contributed by atoms with E-state index in [1.165, 1.54) is 36.5 Å². The van der Waals surface area contributed by atoms with Gasteiger partial charge in [-0.1, -0.05) is 12.1 Å². The van der Waals surface area contributed by atoms with Crippen LogP contribution in [0.5, 0.6) is 5.75 Å². The van der Waals surface area contributed by atoms with Crippen LogP contribution in [0.4, 0.5) is 14.5 Å². The molecule has 7 heteroatoms. The highest BCUT2D eigenvalue weighted by Gasteiger charge is 2.28. The molecule has 1 amide bonds. The number of hydrogen-bond donors (Lipinski definition) is 2. The molecule has 1 fully saturated rings. The molecule has 29 heavy (non-hydrogen) atoms. The summed E-state index contributed by atoms with van der Waals surface area (Å²) >= 11 is 0. The van der Waals surface area contributed by atoms with Crippen molar-refractivity contribution in [1.82, 2.24) is 4.57 Å². The maximum atomic E-state index is 13.6. The highest BCUT2D eigenvalue weighted by Crippen LogP contribution is 2.37. The Morgan fingerprint density at radius 1 is 1.14 bits per heavy atom. The van der Waals surface area contributed by atoms with E-state index in [1.54, 1.807) is 6.92 Å². The summed E-state index contributed by atoms with van der Waals surface area (Å²) in [5.74, 6) is -2.52. The number of rotatable bonds is 4. The molecule has 3 aromatic rings. The zero-order valence-electron chi connectivity index (χ0n) is 15.6. The summed E-state index contributed by atoms with van der Waals surface area (Å²) in [4.78, 5) is 25.9. The summed E-state index contributed by atoms with van der Waals surface area (Å²) in [6, 6.07) is 9.18. The summed E-state index contributed by atoms with van der Waals surface area (Å²) in [5.41, 5.74) is 1.11. The smallest absolute Gasteiger partial charge is 0.261 e. The standard InChI is InChI=1S/C22H18F2N2O3/c1-12-20(13-2-4-14(23)5-3-13)21(28)17(11-26(12)16-7-8-16)22(29)25-15-6-9-19(27)18(24)10-15/h2-6,9-11,16,27H,7-8H2,1H3,(H,25,29). The van der Waals surface area contributed by atoms with Gasteiger partial charge in [-0.15, -0.1) is 0 Å². The van der Waals surface area contributed by atoms with E-state index in [1.807, 2.05) is 4.57 Å². The Morgan fingerprint density at radius 2 is 1.83 bits per heavy atom. The highest BCUT2D eigenvalue weighted by molar-refractivity contribution is 6.04. The second-order valence-electron chi connectivity index (χ2n) is 7.10. The maximum Gasteiger partial charge on any atom is 0.261 e. The first kappa shape index (κ1) is 18.9. The lowest BCUT2D eigenvalue weighted by molar-refractivity contribution is 0.102. The number of pyridine rings is 1. The van der Waals surface area contributed by atoms with Gasteiger partial charge in [-0.2, -0.15) is 0 Å². The third-order valence-corrected chi connectivity index (χ3v) is 5.01. The van der Waals surface area contributed by atoms with Gasteiger partial charge in [-0.25, -0.2) is 8.78 Å². The lowest BCUT2D eigenvalue weighted by Crippen LogP contribution is -2.26. The Hall–Kier alpha value is -3.48. The first-order valence-corrected chi connectivity index (χ1v) is 9.16. The van der Waals surface area contributed by atoms with Crippen LogP contribution >= 0.6 is 0 Å². The van der Waals surface area contributed by atoms with E-state index in [4.69, 9.17) is 0 Å². The molecule has 5 nitrogen and oxygen atoms in total. The molecule has 1 saturated carbocycles. The Bertz CT molecular complexity index is 1170. The number of anilines is 1. The molecule has 0 unspecified atom stereocenters. The number of nitrogens with zero attached hydrogens (tertiary/aromatic N) is 1. The minimum absolute atomic E-state index is 0.0877. The van der Waals surface area contributed by atoms with Crippen LogP contribution in [0.1, 0.15) is 34.9 Å². The van der Waals surface area contributed by atoms with Crippen LogP contribution in [0.25, 0.3) is 11.1 Å². The van der Waals surface area contributed by atoms with Gasteiger partial charge in [0, 0.05) is 35.2 Å². The molecule has 0 atom stereocenters. The van der Waals surface area contributed by atoms with Crippen molar-refractivity contribution in [3.8, 4) is 16.9 Å². The van der Waals surface area contributed by atoms with Crippen molar-refractivity contribution in [2.45, 2.75) is 25.8 Å². The third kappa shape index (κ3) is 3.63. The third-order valence-electron chi connectivity index (χ3n) is 5.01. The number of nitrogens with one attached hydrogen (secondary N) is 1. The van der Waals surface area contributed by atoms with Crippen molar-refractivity contribution in [3.05, 3.63) is 81.8 Å². The van der Waals surface area contributed by atoms with Crippen molar-refractivity contribution in [2.75, 3.05) is 5.32 Å². The fraction of sp³-hybridized carbons (Fsp3) is 0.182. The predicted octanol–water partition coefficient (Wildman–Crippen LogP) is 4.39. The number of phenols is 1. The first-order chi connectivity index (χ1) is 13.8. The van der Waals surface area contributed by atoms with E-state index in [9.17, 15) is 23.5 Å². The van der Waals surface area contributed by atoms with Crippen molar-refractivity contribution < 1.29 is 18.7 Å². The van der Waals surface area contributed by atoms with E-state index >= 15 is 0 Å². The van der Waals surface area contributed by atoms with E-state index in [0.29, 0.717) is 16.8 Å². The number of benzene rings is 2. The van der Waals surface area contributed by atoms with Crippen LogP contribution in [0, 0.1) is 18.6 Å². The number of amides is 1. The second-order valence-corrected chi connectivity index (χ2v) is 7.10. The van der Waals surface area contributed by atoms with Gasteiger partial charge in [0.05, 0.1) is 0 Å². The summed E-state index contributed by atoms with van der Waals surface area (Å²) in [5, 5.41) is 11.8. The van der Waals surface area contributed by atoms with Crippen LogP contribution in [-0.2, 0) is 0 Å². The Labute approximate surface area is 165 Å². The van der Waals surface area contributed by atoms with Gasteiger partial charge >= 0.3 is 0 Å². The van der Waals surface area contributed by atoms with E-state index in [0.717, 1.165) is 25.0 Å². The molecule has 148 valence electrons. The van der Waals surface area contributed by atoms with Crippen LogP contribution in [0.15, 0.2) is 53.5 Å². The van der Waals surface area contributed by atoms with Crippen LogP contribution in [0.3, 0.4) is 0 Å². The predicted molar refractivity (Wildman–Crippen MR) is 105 cm³/mol. The van der Waals surface area contributed by atoms with Gasteiger partial charge < -0.3 is 15.0 Å². The van der Waals surface area contributed by atoms with E-state index < -0.39 is 28.7 Å². The average Bonchev–Trinajstić information content (AvgIpc) is 3.51. The second kappa shape index (κ2) is 7.16. The number of halogens is 2. The molecule has 1 aliphatic rings. The zero-order valence-corrected chi connectivity index (χ0v) is 15.6. The Morgan fingerprint density at radius 3 is 2.45 bits per heavy atom. The molecule has 0 spiro atoms. The van der Waals surface area contributed by atoms with E-state index in [-0.39, 0.29) is 17.3 Å². The van der Waals surface area contributed by atoms with Crippen LogP contribution in [0.2, 0.25) is 0 Å². The molecular weight excluding hydrogens is 378 g/mol. The molecule has 1 aliphatic carbocycles. The minimum Gasteiger partial charge on any atom is -0.505 e. The summed E-state index contributed by atoms with van der Waals surface area (Å²) in [6.45, 7) is 1.80. The van der Waals surface area contributed by atoms with Crippen molar-refractivity contribution in [3.63, 3.8) is 0 Å². The monoisotopic (exact) mass is 396 g/mol. The van der Waals surface area contributed by atoms with Crippen molar-refractivity contribution >= 4 is 11.6 Å².